The Balaban J connectivity index is 2.22. The molecule has 0 aliphatic rings. The number of amides is 1. The number of ether oxygens (including phenoxy) is 1. The highest BCUT2D eigenvalue weighted by Gasteiger charge is 2.01. The predicted molar refractivity (Wildman–Crippen MR) is 68.0 cm³/mol. The zero-order valence-corrected chi connectivity index (χ0v) is 10.2. The fourth-order valence-electron chi connectivity index (χ4n) is 1.17. The Morgan fingerprint density at radius 2 is 2.35 bits per heavy atom. The van der Waals surface area contributed by atoms with Crippen LogP contribution < -0.4 is 10.1 Å². The number of halogens is 1. The molecule has 0 unspecified atom stereocenters. The molecule has 3 nitrogen and oxygen atoms in total. The van der Waals surface area contributed by atoms with Crippen molar-refractivity contribution < 1.29 is 9.53 Å². The van der Waals surface area contributed by atoms with Gasteiger partial charge < -0.3 is 10.1 Å². The first-order valence-electron chi connectivity index (χ1n) is 5.31. The average Bonchev–Trinajstić information content (AvgIpc) is 2.32. The number of carbonyl (C=O) groups is 1. The second-order valence-electron chi connectivity index (χ2n) is 3.40. The van der Waals surface area contributed by atoms with Crippen molar-refractivity contribution in [2.24, 2.45) is 0 Å². The number of rotatable bonds is 6. The van der Waals surface area contributed by atoms with Crippen molar-refractivity contribution >= 4 is 17.5 Å². The largest absolute Gasteiger partial charge is 0.484 e. The number of hydrogen-bond donors (Lipinski definition) is 1. The van der Waals surface area contributed by atoms with Crippen LogP contribution in [0.25, 0.3) is 0 Å². The lowest BCUT2D eigenvalue weighted by molar-refractivity contribution is -0.123. The molecule has 90 valence electrons. The van der Waals surface area contributed by atoms with Crippen LogP contribution in [0.1, 0.15) is 12.8 Å². The van der Waals surface area contributed by atoms with Crippen LogP contribution in [0.4, 0.5) is 0 Å². The Bertz CT molecular complexity index is 412. The van der Waals surface area contributed by atoms with E-state index >= 15 is 0 Å². The Hall–Kier alpha value is -1.66. The summed E-state index contributed by atoms with van der Waals surface area (Å²) in [5.41, 5.74) is 0. The van der Waals surface area contributed by atoms with Gasteiger partial charge in [0.05, 0.1) is 0 Å². The van der Waals surface area contributed by atoms with Gasteiger partial charge >= 0.3 is 0 Å². The zero-order valence-electron chi connectivity index (χ0n) is 9.41. The van der Waals surface area contributed by atoms with Crippen LogP contribution in [0.15, 0.2) is 24.3 Å². The van der Waals surface area contributed by atoms with E-state index in [1.807, 2.05) is 0 Å². The summed E-state index contributed by atoms with van der Waals surface area (Å²) in [4.78, 5) is 11.3. The highest BCUT2D eigenvalue weighted by molar-refractivity contribution is 6.30. The molecule has 0 spiro atoms. The van der Waals surface area contributed by atoms with Gasteiger partial charge in [-0.25, -0.2) is 0 Å². The highest BCUT2D eigenvalue weighted by atomic mass is 35.5. The molecule has 17 heavy (non-hydrogen) atoms. The van der Waals surface area contributed by atoms with Crippen LogP contribution in [-0.4, -0.2) is 19.1 Å². The van der Waals surface area contributed by atoms with Gasteiger partial charge in [0.1, 0.15) is 5.75 Å². The summed E-state index contributed by atoms with van der Waals surface area (Å²) in [5.74, 6) is 2.92. The van der Waals surface area contributed by atoms with Crippen molar-refractivity contribution in [3.05, 3.63) is 29.3 Å². The number of unbranched alkanes of at least 4 members (excludes halogenated alkanes) is 1. The molecule has 1 N–H and O–H groups in total. The second-order valence-corrected chi connectivity index (χ2v) is 3.84. The molecule has 0 saturated carbocycles. The van der Waals surface area contributed by atoms with Gasteiger partial charge in [0.25, 0.3) is 5.91 Å². The summed E-state index contributed by atoms with van der Waals surface area (Å²) in [6, 6.07) is 6.92. The van der Waals surface area contributed by atoms with Crippen LogP contribution in [0, 0.1) is 12.3 Å². The Morgan fingerprint density at radius 3 is 3.06 bits per heavy atom. The van der Waals surface area contributed by atoms with Crippen LogP contribution >= 0.6 is 11.6 Å². The molecule has 1 amide bonds. The van der Waals surface area contributed by atoms with Crippen LogP contribution in [0.5, 0.6) is 5.75 Å². The number of carbonyl (C=O) groups excluding carboxylic acids is 1. The minimum Gasteiger partial charge on any atom is -0.484 e. The zero-order chi connectivity index (χ0) is 12.5. The molecular weight excluding hydrogens is 238 g/mol. The maximum Gasteiger partial charge on any atom is 0.257 e. The maximum atomic E-state index is 11.3. The highest BCUT2D eigenvalue weighted by Crippen LogP contribution is 2.16. The van der Waals surface area contributed by atoms with Gasteiger partial charge in [-0.3, -0.25) is 4.79 Å². The monoisotopic (exact) mass is 251 g/mol. The van der Waals surface area contributed by atoms with E-state index in [1.165, 1.54) is 0 Å². The smallest absolute Gasteiger partial charge is 0.257 e. The average molecular weight is 252 g/mol. The molecule has 0 bridgehead atoms. The fourth-order valence-corrected chi connectivity index (χ4v) is 1.36. The molecule has 1 rings (SSSR count). The van der Waals surface area contributed by atoms with Crippen molar-refractivity contribution in [3.63, 3.8) is 0 Å². The topological polar surface area (TPSA) is 38.3 Å². The van der Waals surface area contributed by atoms with E-state index in [-0.39, 0.29) is 12.5 Å². The lowest BCUT2D eigenvalue weighted by Gasteiger charge is -2.06. The van der Waals surface area contributed by atoms with Gasteiger partial charge in [-0.15, -0.1) is 12.3 Å². The minimum atomic E-state index is -0.165. The molecule has 4 heteroatoms. The SMILES string of the molecule is C#CCCCNC(=O)COc1cccc(Cl)c1. The van der Waals surface area contributed by atoms with Gasteiger partial charge in [-0.05, 0) is 24.6 Å². The molecule has 0 aliphatic carbocycles. The van der Waals surface area contributed by atoms with Crippen LogP contribution in [0.2, 0.25) is 5.02 Å². The van der Waals surface area contributed by atoms with Crippen molar-refractivity contribution in [1.82, 2.24) is 5.32 Å². The van der Waals surface area contributed by atoms with Crippen molar-refractivity contribution in [3.8, 4) is 18.1 Å². The van der Waals surface area contributed by atoms with Crippen LogP contribution in [0.3, 0.4) is 0 Å². The first kappa shape index (κ1) is 13.4. The molecule has 0 aromatic heterocycles. The summed E-state index contributed by atoms with van der Waals surface area (Å²) in [5, 5.41) is 3.29. The molecule has 0 radical (unpaired) electrons. The van der Waals surface area contributed by atoms with Gasteiger partial charge in [0.2, 0.25) is 0 Å². The second kappa shape index (κ2) is 7.59. The quantitative estimate of drug-likeness (QED) is 0.622. The van der Waals surface area contributed by atoms with Gasteiger partial charge in [0, 0.05) is 18.0 Å². The summed E-state index contributed by atoms with van der Waals surface area (Å²) < 4.78 is 5.27. The van der Waals surface area contributed by atoms with E-state index in [9.17, 15) is 4.79 Å². The van der Waals surface area contributed by atoms with Gasteiger partial charge in [-0.2, -0.15) is 0 Å². The third kappa shape index (κ3) is 5.84. The Labute approximate surface area is 106 Å². The lowest BCUT2D eigenvalue weighted by Crippen LogP contribution is -2.29. The third-order valence-corrected chi connectivity index (χ3v) is 2.22. The first-order chi connectivity index (χ1) is 8.22. The Kier molecular flexibility index (Phi) is 5.98. The molecule has 0 fully saturated rings. The molecular formula is C13H14ClNO2. The van der Waals surface area contributed by atoms with Gasteiger partial charge in [0.15, 0.2) is 6.61 Å². The lowest BCUT2D eigenvalue weighted by atomic mass is 10.3. The van der Waals surface area contributed by atoms with E-state index < -0.39 is 0 Å². The molecule has 0 aliphatic heterocycles. The number of terminal acetylenes is 1. The van der Waals surface area contributed by atoms with Gasteiger partial charge in [-0.1, -0.05) is 17.7 Å². The number of hydrogen-bond acceptors (Lipinski definition) is 2. The van der Waals surface area contributed by atoms with E-state index in [0.717, 1.165) is 6.42 Å². The molecule has 0 atom stereocenters. The standard InChI is InChI=1S/C13H14ClNO2/c1-2-3-4-8-15-13(16)10-17-12-7-5-6-11(14)9-12/h1,5-7,9H,3-4,8,10H2,(H,15,16). The Morgan fingerprint density at radius 1 is 1.53 bits per heavy atom. The normalized spacial score (nSPS) is 9.41. The minimum absolute atomic E-state index is 0.0175. The number of nitrogens with one attached hydrogen (secondary N) is 1. The summed E-state index contributed by atoms with van der Waals surface area (Å²) in [6.07, 6.45) is 6.53. The van der Waals surface area contributed by atoms with Crippen LogP contribution in [-0.2, 0) is 4.79 Å². The van der Waals surface area contributed by atoms with Crippen molar-refractivity contribution in [2.75, 3.05) is 13.2 Å². The fraction of sp³-hybridized carbons (Fsp3) is 0.308. The maximum absolute atomic E-state index is 11.3. The third-order valence-electron chi connectivity index (χ3n) is 1.99. The number of benzene rings is 1. The van der Waals surface area contributed by atoms with Crippen molar-refractivity contribution in [2.45, 2.75) is 12.8 Å². The molecule has 1 aromatic rings. The first-order valence-corrected chi connectivity index (χ1v) is 5.68. The summed E-state index contributed by atoms with van der Waals surface area (Å²) in [7, 11) is 0. The molecule has 0 saturated heterocycles. The molecule has 0 heterocycles. The van der Waals surface area contributed by atoms with E-state index in [1.54, 1.807) is 24.3 Å². The summed E-state index contributed by atoms with van der Waals surface area (Å²) >= 11 is 5.78. The van der Waals surface area contributed by atoms with E-state index in [0.29, 0.717) is 23.7 Å². The van der Waals surface area contributed by atoms with E-state index in [4.69, 9.17) is 22.8 Å². The predicted octanol–water partition coefficient (Wildman–Crippen LogP) is 2.25. The van der Waals surface area contributed by atoms with Crippen molar-refractivity contribution in [1.29, 1.82) is 0 Å². The summed E-state index contributed by atoms with van der Waals surface area (Å²) in [6.45, 7) is 0.554. The molecule has 1 aromatic carbocycles. The van der Waals surface area contributed by atoms with E-state index in [2.05, 4.69) is 11.2 Å².